The molecule has 2 amide bonds. The van der Waals surface area contributed by atoms with Crippen LogP contribution in [0, 0.1) is 0 Å². The molecule has 1 rings (SSSR count). The lowest BCUT2D eigenvalue weighted by Gasteiger charge is -2.27. The number of amides is 2. The van der Waals surface area contributed by atoms with Gasteiger partial charge in [-0.25, -0.2) is 0 Å². The van der Waals surface area contributed by atoms with E-state index in [1.54, 1.807) is 31.2 Å². The van der Waals surface area contributed by atoms with Crippen molar-refractivity contribution in [3.8, 4) is 0 Å². The Morgan fingerprint density at radius 3 is 2.24 bits per heavy atom. The van der Waals surface area contributed by atoms with Gasteiger partial charge in [-0.15, -0.1) is 0 Å². The van der Waals surface area contributed by atoms with Crippen LogP contribution in [-0.2, 0) is 9.59 Å². The van der Waals surface area contributed by atoms with Crippen LogP contribution < -0.4 is 5.32 Å². The second kappa shape index (κ2) is 7.42. The molecule has 6 nitrogen and oxygen atoms in total. The molecule has 0 saturated carbocycles. The van der Waals surface area contributed by atoms with Gasteiger partial charge in [0.15, 0.2) is 0 Å². The Balaban J connectivity index is 2.84. The van der Waals surface area contributed by atoms with Crippen molar-refractivity contribution < 1.29 is 19.5 Å². The number of benzene rings is 1. The van der Waals surface area contributed by atoms with Gasteiger partial charge in [0.25, 0.3) is 5.91 Å². The molecular weight excluding hydrogens is 272 g/mol. The molecule has 1 aromatic rings. The summed E-state index contributed by atoms with van der Waals surface area (Å²) in [6.45, 7) is 5.36. The number of hydrogen-bond acceptors (Lipinski definition) is 3. The van der Waals surface area contributed by atoms with Crippen molar-refractivity contribution in [2.24, 2.45) is 0 Å². The molecule has 0 bridgehead atoms. The van der Waals surface area contributed by atoms with Gasteiger partial charge in [0.1, 0.15) is 0 Å². The molecule has 0 aliphatic carbocycles. The molecule has 0 saturated heterocycles. The first-order valence-corrected chi connectivity index (χ1v) is 6.75. The van der Waals surface area contributed by atoms with Gasteiger partial charge >= 0.3 is 5.97 Å². The number of nitrogens with zero attached hydrogens (tertiary/aromatic N) is 1. The van der Waals surface area contributed by atoms with Crippen molar-refractivity contribution in [3.05, 3.63) is 29.8 Å². The molecule has 0 fully saturated rings. The van der Waals surface area contributed by atoms with E-state index >= 15 is 0 Å². The van der Waals surface area contributed by atoms with E-state index in [4.69, 9.17) is 5.11 Å². The van der Waals surface area contributed by atoms with Crippen LogP contribution in [0.2, 0.25) is 0 Å². The Labute approximate surface area is 123 Å². The van der Waals surface area contributed by atoms with Crippen LogP contribution in [0.5, 0.6) is 0 Å². The fourth-order valence-corrected chi connectivity index (χ4v) is 2.08. The van der Waals surface area contributed by atoms with Gasteiger partial charge in [-0.1, -0.05) is 0 Å². The minimum atomic E-state index is -0.935. The molecule has 114 valence electrons. The first-order valence-electron chi connectivity index (χ1n) is 6.75. The molecule has 1 atom stereocenters. The average molecular weight is 292 g/mol. The summed E-state index contributed by atoms with van der Waals surface area (Å²) >= 11 is 0. The Kier molecular flexibility index (Phi) is 5.90. The topological polar surface area (TPSA) is 86.7 Å². The highest BCUT2D eigenvalue weighted by molar-refractivity contribution is 5.95. The number of carboxylic acids is 1. The van der Waals surface area contributed by atoms with E-state index < -0.39 is 5.97 Å². The van der Waals surface area contributed by atoms with Gasteiger partial charge < -0.3 is 15.3 Å². The number of nitrogens with one attached hydrogen (secondary N) is 1. The predicted octanol–water partition coefficient (Wildman–Crippen LogP) is 1.97. The molecule has 2 N–H and O–H groups in total. The highest BCUT2D eigenvalue weighted by atomic mass is 16.4. The van der Waals surface area contributed by atoms with Crippen LogP contribution in [-0.4, -0.2) is 40.4 Å². The fraction of sp³-hybridized carbons (Fsp3) is 0.400. The molecule has 6 heteroatoms. The van der Waals surface area contributed by atoms with Gasteiger partial charge in [-0.3, -0.25) is 14.4 Å². The highest BCUT2D eigenvalue weighted by Gasteiger charge is 2.21. The smallest absolute Gasteiger partial charge is 0.305 e. The van der Waals surface area contributed by atoms with Crippen LogP contribution >= 0.6 is 0 Å². The molecular formula is C15H20N2O4. The summed E-state index contributed by atoms with van der Waals surface area (Å²) in [4.78, 5) is 35.6. The largest absolute Gasteiger partial charge is 0.481 e. The van der Waals surface area contributed by atoms with Gasteiger partial charge in [0.05, 0.1) is 6.42 Å². The Hall–Kier alpha value is -2.37. The number of carbonyl (C=O) groups is 3. The van der Waals surface area contributed by atoms with Crippen molar-refractivity contribution in [3.63, 3.8) is 0 Å². The van der Waals surface area contributed by atoms with E-state index in [-0.39, 0.29) is 24.3 Å². The maximum absolute atomic E-state index is 12.4. The van der Waals surface area contributed by atoms with Crippen molar-refractivity contribution in [2.45, 2.75) is 33.2 Å². The quantitative estimate of drug-likeness (QED) is 0.839. The van der Waals surface area contributed by atoms with Gasteiger partial charge in [0.2, 0.25) is 5.91 Å². The van der Waals surface area contributed by atoms with E-state index in [1.165, 1.54) is 11.8 Å². The van der Waals surface area contributed by atoms with Crippen LogP contribution in [0.25, 0.3) is 0 Å². The zero-order valence-electron chi connectivity index (χ0n) is 12.4. The summed E-state index contributed by atoms with van der Waals surface area (Å²) in [5, 5.41) is 11.4. The van der Waals surface area contributed by atoms with Gasteiger partial charge in [-0.05, 0) is 38.1 Å². The molecule has 1 aromatic carbocycles. The summed E-state index contributed by atoms with van der Waals surface area (Å²) in [5.41, 5.74) is 1.07. The van der Waals surface area contributed by atoms with Crippen LogP contribution in [0.15, 0.2) is 24.3 Å². The predicted molar refractivity (Wildman–Crippen MR) is 79.2 cm³/mol. The molecule has 21 heavy (non-hydrogen) atoms. The number of hydrogen-bond donors (Lipinski definition) is 2. The van der Waals surface area contributed by atoms with Gasteiger partial charge in [0, 0.05) is 30.8 Å². The van der Waals surface area contributed by atoms with Crippen molar-refractivity contribution in [1.82, 2.24) is 4.90 Å². The first-order chi connectivity index (χ1) is 9.85. The van der Waals surface area contributed by atoms with Crippen LogP contribution in [0.4, 0.5) is 5.69 Å². The molecule has 0 aromatic heterocycles. The molecule has 0 aliphatic heterocycles. The van der Waals surface area contributed by atoms with Crippen molar-refractivity contribution in [1.29, 1.82) is 0 Å². The second-order valence-corrected chi connectivity index (χ2v) is 4.80. The maximum Gasteiger partial charge on any atom is 0.305 e. The number of rotatable bonds is 6. The molecule has 0 heterocycles. The van der Waals surface area contributed by atoms with E-state index in [0.717, 1.165) is 0 Å². The highest BCUT2D eigenvalue weighted by Crippen LogP contribution is 2.14. The zero-order valence-corrected chi connectivity index (χ0v) is 12.4. The zero-order chi connectivity index (χ0) is 16.0. The third-order valence-electron chi connectivity index (χ3n) is 3.06. The minimum absolute atomic E-state index is 0.0937. The van der Waals surface area contributed by atoms with E-state index in [0.29, 0.717) is 17.8 Å². The third-order valence-corrected chi connectivity index (χ3v) is 3.06. The molecule has 1 unspecified atom stereocenters. The molecule has 0 aliphatic rings. The molecule has 0 radical (unpaired) electrons. The van der Waals surface area contributed by atoms with Crippen molar-refractivity contribution in [2.75, 3.05) is 11.9 Å². The number of anilines is 1. The average Bonchev–Trinajstić information content (AvgIpc) is 2.38. The number of carboxylic acid groups (broad SMARTS) is 1. The Morgan fingerprint density at radius 1 is 1.24 bits per heavy atom. The number of carbonyl (C=O) groups excluding carboxylic acids is 2. The Morgan fingerprint density at radius 2 is 1.81 bits per heavy atom. The number of aliphatic carboxylic acids is 1. The lowest BCUT2D eigenvalue weighted by molar-refractivity contribution is -0.138. The van der Waals surface area contributed by atoms with E-state index in [9.17, 15) is 14.4 Å². The fourth-order valence-electron chi connectivity index (χ4n) is 2.08. The van der Waals surface area contributed by atoms with Crippen molar-refractivity contribution >= 4 is 23.5 Å². The van der Waals surface area contributed by atoms with Crippen LogP contribution in [0.1, 0.15) is 37.6 Å². The molecule has 0 spiro atoms. The second-order valence-electron chi connectivity index (χ2n) is 4.80. The monoisotopic (exact) mass is 292 g/mol. The Bertz CT molecular complexity index is 525. The SMILES string of the molecule is CCN(C(=O)c1ccc(NC(C)=O)cc1)C(C)CC(=O)O. The summed E-state index contributed by atoms with van der Waals surface area (Å²) in [7, 11) is 0. The van der Waals surface area contributed by atoms with Gasteiger partial charge in [-0.2, -0.15) is 0 Å². The minimum Gasteiger partial charge on any atom is -0.481 e. The maximum atomic E-state index is 12.4. The normalized spacial score (nSPS) is 11.6. The van der Waals surface area contributed by atoms with E-state index in [2.05, 4.69) is 5.32 Å². The summed E-state index contributed by atoms with van der Waals surface area (Å²) in [5.74, 6) is -1.34. The third kappa shape index (κ3) is 4.91. The first kappa shape index (κ1) is 16.7. The van der Waals surface area contributed by atoms with E-state index in [1.807, 2.05) is 6.92 Å². The van der Waals surface area contributed by atoms with Crippen LogP contribution in [0.3, 0.4) is 0 Å². The standard InChI is InChI=1S/C15H20N2O4/c1-4-17(10(2)9-14(19)20)15(21)12-5-7-13(8-6-12)16-11(3)18/h5-8,10H,4,9H2,1-3H3,(H,16,18)(H,19,20). The summed E-state index contributed by atoms with van der Waals surface area (Å²) in [6, 6.07) is 6.14. The summed E-state index contributed by atoms with van der Waals surface area (Å²) in [6.07, 6.45) is -0.0937. The lowest BCUT2D eigenvalue weighted by Crippen LogP contribution is -2.39. The lowest BCUT2D eigenvalue weighted by atomic mass is 10.1. The summed E-state index contributed by atoms with van der Waals surface area (Å²) < 4.78 is 0.